The number of carbonyl (C=O) groups excluding carboxylic acids is 2. The van der Waals surface area contributed by atoms with Gasteiger partial charge in [0.2, 0.25) is 0 Å². The predicted octanol–water partition coefficient (Wildman–Crippen LogP) is 4.52. The molecule has 0 amide bonds. The van der Waals surface area contributed by atoms with Gasteiger partial charge in [-0.05, 0) is 30.6 Å². The van der Waals surface area contributed by atoms with E-state index in [2.05, 4.69) is 27.7 Å². The lowest BCUT2D eigenvalue weighted by Gasteiger charge is -2.32. The Kier molecular flexibility index (Phi) is 7.54. The first-order valence-electron chi connectivity index (χ1n) is 7.65. The molecular weight excluding hydrogens is 236 g/mol. The highest BCUT2D eigenvalue weighted by Gasteiger charge is 2.35. The highest BCUT2D eigenvalue weighted by Crippen LogP contribution is 2.34. The molecule has 112 valence electrons. The predicted molar refractivity (Wildman–Crippen MR) is 81.0 cm³/mol. The Balaban J connectivity index is 5.06. The molecule has 0 rings (SSSR count). The van der Waals surface area contributed by atoms with Crippen LogP contribution in [0.15, 0.2) is 0 Å². The van der Waals surface area contributed by atoms with Crippen LogP contribution in [0.5, 0.6) is 0 Å². The number of ketones is 1. The van der Waals surface area contributed by atoms with Crippen LogP contribution in [0.25, 0.3) is 0 Å². The molecule has 0 saturated carbocycles. The molecule has 3 unspecified atom stereocenters. The summed E-state index contributed by atoms with van der Waals surface area (Å²) < 4.78 is 0. The summed E-state index contributed by atoms with van der Waals surface area (Å²) in [5.41, 5.74) is -0.279. The van der Waals surface area contributed by atoms with Gasteiger partial charge in [-0.1, -0.05) is 48.5 Å². The standard InChI is InChI=1S/C17H32O2/c1-8-17(6,7)16(19)15(13(4)9-10-18)11-14(5)12(2)3/h10,12-15H,8-9,11H2,1-7H3. The zero-order valence-electron chi connectivity index (χ0n) is 13.8. The van der Waals surface area contributed by atoms with Crippen LogP contribution in [-0.4, -0.2) is 12.1 Å². The molecule has 0 aliphatic rings. The molecule has 0 saturated heterocycles. The maximum absolute atomic E-state index is 12.8. The number of aldehydes is 1. The van der Waals surface area contributed by atoms with Gasteiger partial charge in [0.05, 0.1) is 0 Å². The molecule has 0 aliphatic carbocycles. The molecule has 0 spiro atoms. The molecule has 0 fully saturated rings. The Morgan fingerprint density at radius 2 is 1.63 bits per heavy atom. The third-order valence-electron chi connectivity index (χ3n) is 4.81. The Morgan fingerprint density at radius 1 is 1.11 bits per heavy atom. The molecule has 0 N–H and O–H groups in total. The van der Waals surface area contributed by atoms with Gasteiger partial charge in [0.25, 0.3) is 0 Å². The quantitative estimate of drug-likeness (QED) is 0.576. The van der Waals surface area contributed by atoms with Crippen LogP contribution >= 0.6 is 0 Å². The summed E-state index contributed by atoms with van der Waals surface area (Å²) in [5.74, 6) is 1.57. The summed E-state index contributed by atoms with van der Waals surface area (Å²) in [5, 5.41) is 0. The zero-order chi connectivity index (χ0) is 15.2. The molecule has 2 heteroatoms. The number of carbonyl (C=O) groups is 2. The van der Waals surface area contributed by atoms with E-state index in [1.165, 1.54) is 0 Å². The van der Waals surface area contributed by atoms with Gasteiger partial charge in [0.1, 0.15) is 12.1 Å². The van der Waals surface area contributed by atoms with Crippen molar-refractivity contribution in [3.63, 3.8) is 0 Å². The fourth-order valence-corrected chi connectivity index (χ4v) is 2.26. The van der Waals surface area contributed by atoms with Crippen molar-refractivity contribution in [2.75, 3.05) is 0 Å². The summed E-state index contributed by atoms with van der Waals surface area (Å²) in [6.45, 7) is 14.7. The minimum atomic E-state index is -0.279. The first-order chi connectivity index (χ1) is 8.67. The van der Waals surface area contributed by atoms with Crippen molar-refractivity contribution in [2.24, 2.45) is 29.1 Å². The first-order valence-corrected chi connectivity index (χ1v) is 7.65. The maximum Gasteiger partial charge on any atom is 0.141 e. The maximum atomic E-state index is 12.8. The molecule has 19 heavy (non-hydrogen) atoms. The molecule has 0 aromatic rings. The van der Waals surface area contributed by atoms with Gasteiger partial charge in [-0.15, -0.1) is 0 Å². The van der Waals surface area contributed by atoms with E-state index in [0.717, 1.165) is 19.1 Å². The van der Waals surface area contributed by atoms with E-state index in [9.17, 15) is 9.59 Å². The summed E-state index contributed by atoms with van der Waals surface area (Å²) in [6.07, 6.45) is 3.19. The fourth-order valence-electron chi connectivity index (χ4n) is 2.26. The second-order valence-corrected chi connectivity index (χ2v) is 7.04. The van der Waals surface area contributed by atoms with Gasteiger partial charge >= 0.3 is 0 Å². The van der Waals surface area contributed by atoms with Crippen molar-refractivity contribution in [3.05, 3.63) is 0 Å². The van der Waals surface area contributed by atoms with Gasteiger partial charge in [0, 0.05) is 17.8 Å². The van der Waals surface area contributed by atoms with Gasteiger partial charge < -0.3 is 4.79 Å². The van der Waals surface area contributed by atoms with Crippen molar-refractivity contribution < 1.29 is 9.59 Å². The summed E-state index contributed by atoms with van der Waals surface area (Å²) in [4.78, 5) is 23.5. The molecule has 0 aromatic heterocycles. The second-order valence-electron chi connectivity index (χ2n) is 7.04. The highest BCUT2D eigenvalue weighted by molar-refractivity contribution is 5.86. The SMILES string of the molecule is CCC(C)(C)C(=O)C(CC(C)C(C)C)C(C)CC=O. The normalized spacial score (nSPS) is 17.1. The van der Waals surface area contributed by atoms with Crippen LogP contribution in [-0.2, 0) is 9.59 Å². The van der Waals surface area contributed by atoms with Gasteiger partial charge in [-0.25, -0.2) is 0 Å². The molecule has 3 atom stereocenters. The molecule has 0 aliphatic heterocycles. The Hall–Kier alpha value is -0.660. The van der Waals surface area contributed by atoms with Crippen molar-refractivity contribution in [1.82, 2.24) is 0 Å². The van der Waals surface area contributed by atoms with E-state index in [-0.39, 0.29) is 17.3 Å². The van der Waals surface area contributed by atoms with Crippen LogP contribution < -0.4 is 0 Å². The van der Waals surface area contributed by atoms with Crippen molar-refractivity contribution in [2.45, 2.75) is 67.7 Å². The van der Waals surface area contributed by atoms with Gasteiger partial charge in [0.15, 0.2) is 0 Å². The molecule has 0 radical (unpaired) electrons. The molecule has 2 nitrogen and oxygen atoms in total. The minimum Gasteiger partial charge on any atom is -0.303 e. The third kappa shape index (κ3) is 5.46. The largest absolute Gasteiger partial charge is 0.303 e. The summed E-state index contributed by atoms with van der Waals surface area (Å²) in [6, 6.07) is 0. The lowest BCUT2D eigenvalue weighted by Crippen LogP contribution is -2.35. The van der Waals surface area contributed by atoms with Gasteiger partial charge in [-0.2, -0.15) is 0 Å². The number of rotatable bonds is 9. The monoisotopic (exact) mass is 268 g/mol. The number of hydrogen-bond acceptors (Lipinski definition) is 2. The average Bonchev–Trinajstić information content (AvgIpc) is 2.34. The van der Waals surface area contributed by atoms with E-state index in [1.54, 1.807) is 0 Å². The molecule has 0 heterocycles. The average molecular weight is 268 g/mol. The first kappa shape index (κ1) is 18.3. The zero-order valence-corrected chi connectivity index (χ0v) is 13.8. The Labute approximate surface area is 119 Å². The van der Waals surface area contributed by atoms with E-state index < -0.39 is 0 Å². The Morgan fingerprint density at radius 3 is 2.00 bits per heavy atom. The van der Waals surface area contributed by atoms with Crippen molar-refractivity contribution >= 4 is 12.1 Å². The van der Waals surface area contributed by atoms with Crippen LogP contribution in [0, 0.1) is 29.1 Å². The van der Waals surface area contributed by atoms with Crippen LogP contribution in [0.4, 0.5) is 0 Å². The second kappa shape index (κ2) is 7.81. The van der Waals surface area contributed by atoms with Gasteiger partial charge in [-0.3, -0.25) is 4.79 Å². The van der Waals surface area contributed by atoms with E-state index >= 15 is 0 Å². The minimum absolute atomic E-state index is 0.0116. The van der Waals surface area contributed by atoms with Crippen molar-refractivity contribution in [1.29, 1.82) is 0 Å². The van der Waals surface area contributed by atoms with Crippen LogP contribution in [0.3, 0.4) is 0 Å². The lowest BCUT2D eigenvalue weighted by atomic mass is 9.70. The molecule has 0 aromatic carbocycles. The summed E-state index contributed by atoms with van der Waals surface area (Å²) in [7, 11) is 0. The topological polar surface area (TPSA) is 34.1 Å². The number of hydrogen-bond donors (Lipinski definition) is 0. The van der Waals surface area contributed by atoms with E-state index in [4.69, 9.17) is 0 Å². The molecule has 0 bridgehead atoms. The lowest BCUT2D eigenvalue weighted by molar-refractivity contribution is -0.134. The van der Waals surface area contributed by atoms with E-state index in [0.29, 0.717) is 24.0 Å². The van der Waals surface area contributed by atoms with Crippen LogP contribution in [0.1, 0.15) is 67.7 Å². The number of Topliss-reactive ketones (excluding diaryl/α,β-unsaturated/α-hetero) is 1. The van der Waals surface area contributed by atoms with Crippen LogP contribution in [0.2, 0.25) is 0 Å². The van der Waals surface area contributed by atoms with E-state index in [1.807, 2.05) is 20.8 Å². The smallest absolute Gasteiger partial charge is 0.141 e. The molecular formula is C17H32O2. The van der Waals surface area contributed by atoms with Crippen molar-refractivity contribution in [3.8, 4) is 0 Å². The summed E-state index contributed by atoms with van der Waals surface area (Å²) >= 11 is 0. The third-order valence-corrected chi connectivity index (χ3v) is 4.81. The fraction of sp³-hybridized carbons (Fsp3) is 0.882. The Bertz CT molecular complexity index is 292. The highest BCUT2D eigenvalue weighted by atomic mass is 16.1.